The van der Waals surface area contributed by atoms with Gasteiger partial charge in [-0.3, -0.25) is 4.79 Å². The van der Waals surface area contributed by atoms with Gasteiger partial charge >= 0.3 is 6.01 Å². The number of anilines is 1. The highest BCUT2D eigenvalue weighted by Crippen LogP contribution is 2.46. The van der Waals surface area contributed by atoms with Crippen LogP contribution in [0.15, 0.2) is 30.3 Å². The van der Waals surface area contributed by atoms with Crippen LogP contribution in [0.4, 0.5) is 5.82 Å². The van der Waals surface area contributed by atoms with Gasteiger partial charge in [0.1, 0.15) is 11.6 Å². The summed E-state index contributed by atoms with van der Waals surface area (Å²) in [5, 5.41) is 22.5. The molecule has 2 unspecified atom stereocenters. The molecule has 1 aromatic heterocycles. The number of piperidine rings is 1. The van der Waals surface area contributed by atoms with Crippen LogP contribution in [-0.4, -0.2) is 88.4 Å². The van der Waals surface area contributed by atoms with E-state index in [0.29, 0.717) is 56.6 Å². The van der Waals surface area contributed by atoms with Crippen LogP contribution >= 0.6 is 0 Å². The number of rotatable bonds is 7. The van der Waals surface area contributed by atoms with E-state index in [1.807, 2.05) is 43.9 Å². The lowest BCUT2D eigenvalue weighted by atomic mass is 9.98. The summed E-state index contributed by atoms with van der Waals surface area (Å²) in [6.45, 7) is 9.02. The number of fused-ring (bicyclic) bond motifs is 2. The predicted octanol–water partition coefficient (Wildman–Crippen LogP) is 3.44. The van der Waals surface area contributed by atoms with Gasteiger partial charge in [-0.15, -0.1) is 0 Å². The number of aliphatic hydroxyl groups is 1. The molecular formula is C32H44N6O4. The Morgan fingerprint density at radius 1 is 1.17 bits per heavy atom. The molecule has 3 heterocycles. The molecule has 4 N–H and O–H groups in total. The largest absolute Gasteiger partial charge is 0.508 e. The second-order valence-corrected chi connectivity index (χ2v) is 12.2. The molecule has 2 aliphatic heterocycles. The predicted molar refractivity (Wildman–Crippen MR) is 164 cm³/mol. The third-order valence-corrected chi connectivity index (χ3v) is 8.30. The highest BCUT2D eigenvalue weighted by atomic mass is 16.5. The van der Waals surface area contributed by atoms with Crippen molar-refractivity contribution in [2.24, 2.45) is 11.1 Å². The van der Waals surface area contributed by atoms with Crippen molar-refractivity contribution in [2.75, 3.05) is 45.2 Å². The minimum atomic E-state index is -0.561. The van der Waals surface area contributed by atoms with Gasteiger partial charge in [-0.1, -0.05) is 32.0 Å². The fourth-order valence-electron chi connectivity index (χ4n) is 6.32. The summed E-state index contributed by atoms with van der Waals surface area (Å²) in [4.78, 5) is 29.4. The maximum Gasteiger partial charge on any atom is 0.318 e. The molecule has 3 aliphatic rings. The molecule has 3 aromatic rings. The van der Waals surface area contributed by atoms with Gasteiger partial charge in [0.15, 0.2) is 0 Å². The maximum atomic E-state index is 13.9. The summed E-state index contributed by atoms with van der Waals surface area (Å²) < 4.78 is 6.21. The number of carbonyl (C=O) groups is 1. The number of aliphatic hydroxyl groups excluding tert-OH is 1. The lowest BCUT2D eigenvalue weighted by Gasteiger charge is -2.35. The zero-order valence-corrected chi connectivity index (χ0v) is 25.4. The number of phenols is 1. The van der Waals surface area contributed by atoms with E-state index in [-0.39, 0.29) is 23.1 Å². The number of nitrogens with two attached hydrogens (primary N) is 1. The van der Waals surface area contributed by atoms with Crippen LogP contribution < -0.4 is 15.4 Å². The lowest BCUT2D eigenvalue weighted by molar-refractivity contribution is 0.0751. The first-order valence-electron chi connectivity index (χ1n) is 15.0. The quantitative estimate of drug-likeness (QED) is 0.387. The second-order valence-electron chi connectivity index (χ2n) is 12.2. The van der Waals surface area contributed by atoms with Gasteiger partial charge in [0, 0.05) is 36.7 Å². The third-order valence-electron chi connectivity index (χ3n) is 8.30. The van der Waals surface area contributed by atoms with Gasteiger partial charge in [-0.25, -0.2) is 0 Å². The van der Waals surface area contributed by atoms with E-state index >= 15 is 0 Å². The van der Waals surface area contributed by atoms with Gasteiger partial charge < -0.3 is 35.4 Å². The molecule has 6 rings (SSSR count). The minimum Gasteiger partial charge on any atom is -0.508 e. The Balaban J connectivity index is 0.00000173. The Kier molecular flexibility index (Phi) is 8.59. The van der Waals surface area contributed by atoms with E-state index in [1.165, 1.54) is 0 Å². The Bertz CT molecular complexity index is 1450. The number of hydrogen-bond acceptors (Lipinski definition) is 9. The first-order chi connectivity index (χ1) is 20.1. The molecule has 226 valence electrons. The van der Waals surface area contributed by atoms with Gasteiger partial charge in [0.2, 0.25) is 0 Å². The Morgan fingerprint density at radius 3 is 2.62 bits per heavy atom. The highest BCUT2D eigenvalue weighted by molar-refractivity contribution is 6.09. The van der Waals surface area contributed by atoms with Crippen LogP contribution in [0.5, 0.6) is 11.8 Å². The summed E-state index contributed by atoms with van der Waals surface area (Å²) in [6, 6.07) is 9.12. The second kappa shape index (κ2) is 12.0. The fraction of sp³-hybridized carbons (Fsp3) is 0.531. The number of aromatic nitrogens is 2. The monoisotopic (exact) mass is 576 g/mol. The zero-order valence-electron chi connectivity index (χ0n) is 25.4. The molecule has 2 fully saturated rings. The van der Waals surface area contributed by atoms with Crippen molar-refractivity contribution < 1.29 is 19.7 Å². The summed E-state index contributed by atoms with van der Waals surface area (Å²) in [5.41, 5.74) is 9.40. The molecule has 2 aromatic carbocycles. The summed E-state index contributed by atoms with van der Waals surface area (Å²) >= 11 is 0. The number of carbonyl (C=O) groups excluding carboxylic acids is 1. The first kappa shape index (κ1) is 30.0. The number of β-amino-alcohol motifs (C(OH)–C–C–N with tert-alkyl or cyclic N) is 1. The summed E-state index contributed by atoms with van der Waals surface area (Å²) in [6.07, 6.45) is 2.19. The number of amides is 1. The molecule has 1 saturated carbocycles. The van der Waals surface area contributed by atoms with Gasteiger partial charge in [0.05, 0.1) is 37.1 Å². The number of phenolic OH excluding ortho intramolecular Hbond substituents is 1. The van der Waals surface area contributed by atoms with Crippen molar-refractivity contribution in [1.82, 2.24) is 19.8 Å². The fourth-order valence-corrected chi connectivity index (χ4v) is 6.32. The van der Waals surface area contributed by atoms with Gasteiger partial charge in [-0.05, 0) is 68.8 Å². The van der Waals surface area contributed by atoms with E-state index < -0.39 is 6.10 Å². The van der Waals surface area contributed by atoms with E-state index in [2.05, 4.69) is 19.0 Å². The smallest absolute Gasteiger partial charge is 0.318 e. The van der Waals surface area contributed by atoms with Gasteiger partial charge in [-0.2, -0.15) is 9.97 Å². The standard InChI is InChI=1S/C30H38N6O4.C2H6/c1-18-5-4-6-19-9-21(37)11-23(26(18)19)28(39)36-14-24-25(15-36)32-29(40-17-30(7-8-30)16-34(2)3)33-27(24)35-12-20(31)10-22(38)13-35;1-2/h4-6,9,11,20,22,37-38H,7-8,10,12-17,31H2,1-3H3;1-2H3. The number of ether oxygens (including phenoxy) is 1. The minimum absolute atomic E-state index is 0.0531. The van der Waals surface area contributed by atoms with Crippen molar-refractivity contribution in [2.45, 2.75) is 65.3 Å². The molecule has 1 aliphatic carbocycles. The van der Waals surface area contributed by atoms with Crippen molar-refractivity contribution in [3.63, 3.8) is 0 Å². The molecular weight excluding hydrogens is 532 g/mol. The number of aromatic hydroxyl groups is 1. The molecule has 42 heavy (non-hydrogen) atoms. The lowest BCUT2D eigenvalue weighted by Crippen LogP contribution is -2.50. The Morgan fingerprint density at radius 2 is 1.93 bits per heavy atom. The molecule has 1 amide bonds. The van der Waals surface area contributed by atoms with Crippen LogP contribution in [0, 0.1) is 12.3 Å². The van der Waals surface area contributed by atoms with E-state index in [4.69, 9.17) is 20.4 Å². The molecule has 0 spiro atoms. The normalized spacial score (nSPS) is 20.8. The number of aryl methyl sites for hydroxylation is 1. The highest BCUT2D eigenvalue weighted by Gasteiger charge is 2.44. The Labute approximate surface area is 248 Å². The number of hydrogen-bond donors (Lipinski definition) is 3. The molecule has 1 saturated heterocycles. The molecule has 0 radical (unpaired) electrons. The van der Waals surface area contributed by atoms with Crippen LogP contribution in [0.3, 0.4) is 0 Å². The average molecular weight is 577 g/mol. The molecule has 0 bridgehead atoms. The summed E-state index contributed by atoms with van der Waals surface area (Å²) in [7, 11) is 4.13. The van der Waals surface area contributed by atoms with E-state index in [9.17, 15) is 15.0 Å². The third kappa shape index (κ3) is 6.16. The van der Waals surface area contributed by atoms with E-state index in [1.54, 1.807) is 17.0 Å². The van der Waals surface area contributed by atoms with Crippen molar-refractivity contribution >= 4 is 22.5 Å². The number of benzene rings is 2. The van der Waals surface area contributed by atoms with Crippen LogP contribution in [0.2, 0.25) is 0 Å². The van der Waals surface area contributed by atoms with E-state index in [0.717, 1.165) is 47.0 Å². The summed E-state index contributed by atoms with van der Waals surface area (Å²) in [5.74, 6) is 0.538. The first-order valence-corrected chi connectivity index (χ1v) is 15.0. The topological polar surface area (TPSA) is 128 Å². The van der Waals surface area contributed by atoms with Gasteiger partial charge in [0.25, 0.3) is 5.91 Å². The van der Waals surface area contributed by atoms with Crippen molar-refractivity contribution in [1.29, 1.82) is 0 Å². The molecule has 2 atom stereocenters. The van der Waals surface area contributed by atoms with Crippen LogP contribution in [-0.2, 0) is 13.1 Å². The van der Waals surface area contributed by atoms with Crippen LogP contribution in [0.25, 0.3) is 10.8 Å². The SMILES string of the molecule is CC.Cc1cccc2cc(O)cc(C(=O)N3Cc4nc(OCC5(CN(C)C)CC5)nc(N5CC(N)CC(O)C5)c4C3)c12. The zero-order chi connectivity index (χ0) is 30.2. The maximum absolute atomic E-state index is 13.9. The number of nitrogens with zero attached hydrogens (tertiary/aromatic N) is 5. The molecule has 10 heteroatoms. The average Bonchev–Trinajstić information content (AvgIpc) is 3.56. The van der Waals surface area contributed by atoms with Crippen molar-refractivity contribution in [3.05, 3.63) is 52.7 Å². The Hall–Kier alpha value is -3.47. The van der Waals surface area contributed by atoms with Crippen molar-refractivity contribution in [3.8, 4) is 11.8 Å². The molecule has 10 nitrogen and oxygen atoms in total. The van der Waals surface area contributed by atoms with Crippen LogP contribution in [0.1, 0.15) is 60.3 Å².